The molecule has 0 amide bonds. The molecule has 0 aliphatic heterocycles. The normalized spacial score (nSPS) is 11.5. The first-order valence-electron chi connectivity index (χ1n) is 7.91. The molecule has 5 heteroatoms. The van der Waals surface area contributed by atoms with Crippen molar-refractivity contribution in [2.45, 2.75) is 26.4 Å². The summed E-state index contributed by atoms with van der Waals surface area (Å²) in [4.78, 5) is 21.9. The fraction of sp³-hybridized carbons (Fsp3) is 0.250. The van der Waals surface area contributed by atoms with E-state index < -0.39 is 11.6 Å². The Kier molecular flexibility index (Phi) is 5.83. The zero-order valence-electron chi connectivity index (χ0n) is 14.9. The van der Waals surface area contributed by atoms with Gasteiger partial charge in [0, 0.05) is 11.3 Å². The van der Waals surface area contributed by atoms with Crippen LogP contribution in [-0.2, 0) is 9.78 Å². The first-order chi connectivity index (χ1) is 11.8. The van der Waals surface area contributed by atoms with E-state index in [0.29, 0.717) is 5.69 Å². The lowest BCUT2D eigenvalue weighted by atomic mass is 10.1. The van der Waals surface area contributed by atoms with Gasteiger partial charge in [-0.05, 0) is 44.5 Å². The van der Waals surface area contributed by atoms with Gasteiger partial charge in [-0.1, -0.05) is 36.4 Å². The van der Waals surface area contributed by atoms with Gasteiger partial charge in [-0.2, -0.15) is 4.89 Å². The van der Waals surface area contributed by atoms with E-state index in [1.807, 2.05) is 36.4 Å². The Labute approximate surface area is 147 Å². The van der Waals surface area contributed by atoms with Gasteiger partial charge >= 0.3 is 5.97 Å². The first kappa shape index (κ1) is 18.5. The average molecular weight is 341 g/mol. The summed E-state index contributed by atoms with van der Waals surface area (Å²) in [7, 11) is 1.63. The second-order valence-electron chi connectivity index (χ2n) is 6.49. The number of carbonyl (C=O) groups excluding carboxylic acids is 1. The molecule has 2 rings (SSSR count). The summed E-state index contributed by atoms with van der Waals surface area (Å²) >= 11 is 0. The second-order valence-corrected chi connectivity index (χ2v) is 6.49. The van der Waals surface area contributed by atoms with Crippen molar-refractivity contribution in [1.29, 1.82) is 0 Å². The van der Waals surface area contributed by atoms with Crippen LogP contribution in [0, 0.1) is 0 Å². The smallest absolute Gasteiger partial charge is 0.375 e. The van der Waals surface area contributed by atoms with Gasteiger partial charge < -0.3 is 10.5 Å². The number of nitrogens with two attached hydrogens (primary N) is 1. The quantitative estimate of drug-likeness (QED) is 0.379. The average Bonchev–Trinajstić information content (AvgIpc) is 2.57. The Hall–Kier alpha value is -2.79. The summed E-state index contributed by atoms with van der Waals surface area (Å²) in [5.74, 6) is 0.166. The first-order valence-corrected chi connectivity index (χ1v) is 7.91. The highest BCUT2D eigenvalue weighted by atomic mass is 17.2. The zero-order valence-corrected chi connectivity index (χ0v) is 14.9. The van der Waals surface area contributed by atoms with Crippen LogP contribution >= 0.6 is 0 Å². The Morgan fingerprint density at radius 3 is 2.44 bits per heavy atom. The lowest BCUT2D eigenvalue weighted by molar-refractivity contribution is -0.301. The van der Waals surface area contributed by atoms with E-state index in [2.05, 4.69) is 0 Å². The number of carbonyl (C=O) groups is 1. The number of methoxy groups -OCH3 is 1. The van der Waals surface area contributed by atoms with Crippen LogP contribution in [0.15, 0.2) is 42.5 Å². The SMILES string of the molecule is COc1ccccc1/C=C/c1ccc(C(=O)OOC(C)(C)C)c(N)c1. The van der Waals surface area contributed by atoms with Crippen LogP contribution in [0.5, 0.6) is 5.75 Å². The standard InChI is InChI=1S/C20H23NO4/c1-20(2,3)25-24-19(22)16-12-10-14(13-17(16)21)9-11-15-7-5-6-8-18(15)23-4/h5-13H,21H2,1-4H3/b11-9+. The molecule has 0 aliphatic rings. The zero-order chi connectivity index (χ0) is 18.4. The van der Waals surface area contributed by atoms with E-state index in [1.165, 1.54) is 0 Å². The molecule has 2 N–H and O–H groups in total. The predicted molar refractivity (Wildman–Crippen MR) is 99.0 cm³/mol. The van der Waals surface area contributed by atoms with Crippen LogP contribution < -0.4 is 10.5 Å². The summed E-state index contributed by atoms with van der Waals surface area (Å²) in [6.07, 6.45) is 3.82. The predicted octanol–water partition coefficient (Wildman–Crippen LogP) is 4.33. The maximum atomic E-state index is 12.0. The highest BCUT2D eigenvalue weighted by molar-refractivity contribution is 5.95. The number of rotatable bonds is 5. The molecule has 5 nitrogen and oxygen atoms in total. The molecule has 0 saturated heterocycles. The topological polar surface area (TPSA) is 70.8 Å². The summed E-state index contributed by atoms with van der Waals surface area (Å²) < 4.78 is 5.31. The van der Waals surface area contributed by atoms with E-state index in [4.69, 9.17) is 20.2 Å². The Morgan fingerprint density at radius 2 is 1.80 bits per heavy atom. The molecule has 132 valence electrons. The van der Waals surface area contributed by atoms with Crippen LogP contribution in [0.1, 0.15) is 42.3 Å². The third-order valence-corrected chi connectivity index (χ3v) is 3.26. The minimum Gasteiger partial charge on any atom is -0.496 e. The van der Waals surface area contributed by atoms with Gasteiger partial charge in [0.1, 0.15) is 11.4 Å². The van der Waals surface area contributed by atoms with Gasteiger partial charge in [-0.25, -0.2) is 4.79 Å². The molecule has 0 aliphatic carbocycles. The maximum Gasteiger partial charge on any atom is 0.375 e. The molecule has 0 saturated carbocycles. The van der Waals surface area contributed by atoms with Crippen molar-refractivity contribution in [3.8, 4) is 5.75 Å². The highest BCUT2D eigenvalue weighted by Crippen LogP contribution is 2.22. The van der Waals surface area contributed by atoms with E-state index in [1.54, 1.807) is 46.1 Å². The monoisotopic (exact) mass is 341 g/mol. The number of hydrogen-bond donors (Lipinski definition) is 1. The third kappa shape index (κ3) is 5.36. The van der Waals surface area contributed by atoms with E-state index in [0.717, 1.165) is 16.9 Å². The van der Waals surface area contributed by atoms with Crippen molar-refractivity contribution >= 4 is 23.8 Å². The summed E-state index contributed by atoms with van der Waals surface area (Å²) in [6, 6.07) is 12.8. The second kappa shape index (κ2) is 7.85. The van der Waals surface area contributed by atoms with Crippen molar-refractivity contribution in [2.75, 3.05) is 12.8 Å². The summed E-state index contributed by atoms with van der Waals surface area (Å²) in [5.41, 5.74) is 7.78. The molecule has 0 fully saturated rings. The summed E-state index contributed by atoms with van der Waals surface area (Å²) in [5, 5.41) is 0. The van der Waals surface area contributed by atoms with Gasteiger partial charge in [0.2, 0.25) is 0 Å². The lowest BCUT2D eigenvalue weighted by Gasteiger charge is -2.17. The van der Waals surface area contributed by atoms with Crippen LogP contribution in [0.25, 0.3) is 12.2 Å². The van der Waals surface area contributed by atoms with Crippen molar-refractivity contribution in [3.63, 3.8) is 0 Å². The molecule has 0 radical (unpaired) electrons. The molecule has 0 spiro atoms. The molecule has 25 heavy (non-hydrogen) atoms. The van der Waals surface area contributed by atoms with Crippen molar-refractivity contribution in [2.24, 2.45) is 0 Å². The summed E-state index contributed by atoms with van der Waals surface area (Å²) in [6.45, 7) is 5.36. The maximum absolute atomic E-state index is 12.0. The fourth-order valence-electron chi connectivity index (χ4n) is 2.07. The highest BCUT2D eigenvalue weighted by Gasteiger charge is 2.18. The number of anilines is 1. The van der Waals surface area contributed by atoms with Crippen LogP contribution in [0.4, 0.5) is 5.69 Å². The minimum absolute atomic E-state index is 0.263. The number of hydrogen-bond acceptors (Lipinski definition) is 5. The molecule has 0 unspecified atom stereocenters. The molecule has 0 bridgehead atoms. The van der Waals surface area contributed by atoms with E-state index in [-0.39, 0.29) is 5.56 Å². The van der Waals surface area contributed by atoms with Gasteiger partial charge in [-0.15, -0.1) is 0 Å². The van der Waals surface area contributed by atoms with Gasteiger partial charge in [0.25, 0.3) is 0 Å². The molecule has 0 heterocycles. The number of ether oxygens (including phenoxy) is 1. The van der Waals surface area contributed by atoms with E-state index in [9.17, 15) is 4.79 Å². The molecular formula is C20H23NO4. The third-order valence-electron chi connectivity index (χ3n) is 3.26. The van der Waals surface area contributed by atoms with Crippen LogP contribution in [0.3, 0.4) is 0 Å². The van der Waals surface area contributed by atoms with E-state index >= 15 is 0 Å². The van der Waals surface area contributed by atoms with Gasteiger partial charge in [-0.3, -0.25) is 4.89 Å². The molecule has 0 atom stereocenters. The van der Waals surface area contributed by atoms with Crippen molar-refractivity contribution in [3.05, 3.63) is 59.2 Å². The largest absolute Gasteiger partial charge is 0.496 e. The van der Waals surface area contributed by atoms with Crippen molar-refractivity contribution < 1.29 is 19.3 Å². The Balaban J connectivity index is 2.14. The van der Waals surface area contributed by atoms with Crippen LogP contribution in [-0.4, -0.2) is 18.7 Å². The molecule has 0 aromatic heterocycles. The number of nitrogen functional groups attached to an aromatic ring is 1. The Morgan fingerprint density at radius 1 is 1.08 bits per heavy atom. The van der Waals surface area contributed by atoms with Gasteiger partial charge in [0.15, 0.2) is 0 Å². The lowest BCUT2D eigenvalue weighted by Crippen LogP contribution is -2.22. The van der Waals surface area contributed by atoms with Crippen molar-refractivity contribution in [1.82, 2.24) is 0 Å². The Bertz CT molecular complexity index is 776. The number of benzene rings is 2. The number of para-hydroxylation sites is 1. The van der Waals surface area contributed by atoms with Gasteiger partial charge in [0.05, 0.1) is 12.7 Å². The minimum atomic E-state index is -0.618. The molecule has 2 aromatic carbocycles. The fourth-order valence-corrected chi connectivity index (χ4v) is 2.07. The molecule has 2 aromatic rings. The van der Waals surface area contributed by atoms with Crippen LogP contribution in [0.2, 0.25) is 0 Å². The molecular weight excluding hydrogens is 318 g/mol.